The molecule has 0 aliphatic carbocycles. The summed E-state index contributed by atoms with van der Waals surface area (Å²) in [4.78, 5) is 14.9. The normalized spacial score (nSPS) is 22.5. The van der Waals surface area contributed by atoms with Gasteiger partial charge >= 0.3 is 0 Å². The second-order valence-electron chi connectivity index (χ2n) is 9.68. The van der Waals surface area contributed by atoms with Crippen LogP contribution in [0.4, 0.5) is 0 Å². The van der Waals surface area contributed by atoms with Crippen LogP contribution in [-0.4, -0.2) is 41.1 Å². The van der Waals surface area contributed by atoms with Crippen LogP contribution in [0.3, 0.4) is 0 Å². The molecular weight excluding hydrogens is 350 g/mol. The van der Waals surface area contributed by atoms with Gasteiger partial charge in [0, 0.05) is 43.4 Å². The van der Waals surface area contributed by atoms with Crippen LogP contribution in [-0.2, 0) is 4.79 Å². The zero-order valence-electron chi connectivity index (χ0n) is 17.6. The summed E-state index contributed by atoms with van der Waals surface area (Å²) >= 11 is 0. The molecule has 1 amide bonds. The number of benzene rings is 1. The lowest BCUT2D eigenvalue weighted by Gasteiger charge is -2.46. The number of hydrogen-bond donors (Lipinski definition) is 1. The van der Waals surface area contributed by atoms with Crippen molar-refractivity contribution in [2.24, 2.45) is 5.92 Å². The van der Waals surface area contributed by atoms with Crippen LogP contribution in [0, 0.1) is 17.2 Å². The average molecular weight is 384 g/mol. The lowest BCUT2D eigenvalue weighted by atomic mass is 9.74. The van der Waals surface area contributed by atoms with Crippen LogP contribution in [0.25, 0.3) is 0 Å². The molecule has 28 heavy (non-hydrogen) atoms. The smallest absolute Gasteiger partial charge is 0.222 e. The number of para-hydroxylation sites is 1. The highest BCUT2D eigenvalue weighted by molar-refractivity contribution is 5.76. The molecule has 1 aromatic carbocycles. The monoisotopic (exact) mass is 383 g/mol. The molecule has 1 aromatic rings. The van der Waals surface area contributed by atoms with E-state index >= 15 is 0 Å². The number of nitrogens with zero attached hydrogens (tertiary/aromatic N) is 2. The van der Waals surface area contributed by atoms with Crippen molar-refractivity contribution in [1.82, 2.24) is 10.2 Å². The second-order valence-corrected chi connectivity index (χ2v) is 9.68. The molecule has 152 valence electrons. The standard InChI is InChI=1S/C23H33N3O2/c1-22(2)14-17(15-23(3,4)25-22)13-21(27)26-11-9-19(10-12-26)28-20-8-6-5-7-18(20)16-24/h5-8,17,19,25H,9-15H2,1-4H3. The van der Waals surface area contributed by atoms with Gasteiger partial charge in [0.05, 0.1) is 5.56 Å². The van der Waals surface area contributed by atoms with Gasteiger partial charge in [0.2, 0.25) is 5.91 Å². The van der Waals surface area contributed by atoms with Crippen LogP contribution in [0.1, 0.15) is 65.4 Å². The zero-order valence-corrected chi connectivity index (χ0v) is 17.6. The van der Waals surface area contributed by atoms with E-state index in [0.29, 0.717) is 23.7 Å². The summed E-state index contributed by atoms with van der Waals surface area (Å²) in [6.07, 6.45) is 4.40. The van der Waals surface area contributed by atoms with Crippen molar-refractivity contribution in [3.8, 4) is 11.8 Å². The Bertz CT molecular complexity index is 726. The van der Waals surface area contributed by atoms with E-state index in [1.54, 1.807) is 6.07 Å². The minimum Gasteiger partial charge on any atom is -0.489 e. The number of ether oxygens (including phenoxy) is 1. The highest BCUT2D eigenvalue weighted by Crippen LogP contribution is 2.35. The quantitative estimate of drug-likeness (QED) is 0.857. The topological polar surface area (TPSA) is 65.4 Å². The SMILES string of the molecule is CC1(C)CC(CC(=O)N2CCC(Oc3ccccc3C#N)CC2)CC(C)(C)N1. The van der Waals surface area contributed by atoms with Crippen molar-refractivity contribution in [3.63, 3.8) is 0 Å². The molecule has 0 unspecified atom stereocenters. The summed E-state index contributed by atoms with van der Waals surface area (Å²) in [5, 5.41) is 12.9. The Morgan fingerprint density at radius 3 is 2.39 bits per heavy atom. The maximum Gasteiger partial charge on any atom is 0.222 e. The number of carbonyl (C=O) groups is 1. The molecular formula is C23H33N3O2. The Balaban J connectivity index is 1.51. The van der Waals surface area contributed by atoms with Crippen molar-refractivity contribution < 1.29 is 9.53 Å². The van der Waals surface area contributed by atoms with Crippen molar-refractivity contribution in [1.29, 1.82) is 5.26 Å². The molecule has 1 N–H and O–H groups in total. The van der Waals surface area contributed by atoms with Gasteiger partial charge in [-0.1, -0.05) is 12.1 Å². The molecule has 2 aliphatic rings. The fourth-order valence-electron chi connectivity index (χ4n) is 5.12. The summed E-state index contributed by atoms with van der Waals surface area (Å²) in [6.45, 7) is 10.4. The molecule has 0 radical (unpaired) electrons. The first-order valence-electron chi connectivity index (χ1n) is 10.4. The van der Waals surface area contributed by atoms with Crippen molar-refractivity contribution in [2.75, 3.05) is 13.1 Å². The van der Waals surface area contributed by atoms with Crippen molar-refractivity contribution in [2.45, 2.75) is 77.0 Å². The summed E-state index contributed by atoms with van der Waals surface area (Å²) in [5.41, 5.74) is 0.709. The molecule has 0 atom stereocenters. The Morgan fingerprint density at radius 1 is 1.18 bits per heavy atom. The summed E-state index contributed by atoms with van der Waals surface area (Å²) in [7, 11) is 0. The largest absolute Gasteiger partial charge is 0.489 e. The maximum absolute atomic E-state index is 12.9. The lowest BCUT2D eigenvalue weighted by molar-refractivity contribution is -0.134. The van der Waals surface area contributed by atoms with E-state index in [2.05, 4.69) is 39.1 Å². The van der Waals surface area contributed by atoms with Gasteiger partial charge < -0.3 is 15.0 Å². The predicted octanol–water partition coefficient (Wildman–Crippen LogP) is 3.87. The van der Waals surface area contributed by atoms with Gasteiger partial charge in [-0.25, -0.2) is 0 Å². The van der Waals surface area contributed by atoms with E-state index < -0.39 is 0 Å². The first kappa shape index (κ1) is 20.7. The number of nitriles is 1. The third-order valence-electron chi connectivity index (χ3n) is 5.83. The molecule has 2 fully saturated rings. The maximum atomic E-state index is 12.9. The minimum absolute atomic E-state index is 0.0651. The molecule has 0 bridgehead atoms. The van der Waals surface area contributed by atoms with Crippen LogP contribution >= 0.6 is 0 Å². The van der Waals surface area contributed by atoms with E-state index in [9.17, 15) is 10.1 Å². The van der Waals surface area contributed by atoms with Gasteiger partial charge in [-0.15, -0.1) is 0 Å². The van der Waals surface area contributed by atoms with E-state index in [0.717, 1.165) is 38.8 Å². The molecule has 2 aliphatic heterocycles. The van der Waals surface area contributed by atoms with Gasteiger partial charge in [-0.3, -0.25) is 4.79 Å². The third kappa shape index (κ3) is 5.26. The van der Waals surface area contributed by atoms with Gasteiger partial charge in [-0.2, -0.15) is 5.26 Å². The molecule has 0 spiro atoms. The Hall–Kier alpha value is -2.06. The summed E-state index contributed by atoms with van der Waals surface area (Å²) in [5.74, 6) is 1.35. The molecule has 2 saturated heterocycles. The average Bonchev–Trinajstić information content (AvgIpc) is 2.60. The molecule has 2 heterocycles. The van der Waals surface area contributed by atoms with Gasteiger partial charge in [-0.05, 0) is 58.6 Å². The van der Waals surface area contributed by atoms with E-state index in [4.69, 9.17) is 4.74 Å². The number of hydrogen-bond acceptors (Lipinski definition) is 4. The van der Waals surface area contributed by atoms with Gasteiger partial charge in [0.25, 0.3) is 0 Å². The fraction of sp³-hybridized carbons (Fsp3) is 0.652. The van der Waals surface area contributed by atoms with E-state index in [1.165, 1.54) is 0 Å². The number of nitrogens with one attached hydrogen (secondary N) is 1. The molecule has 3 rings (SSSR count). The van der Waals surface area contributed by atoms with Gasteiger partial charge in [0.15, 0.2) is 0 Å². The Labute approximate surface area is 169 Å². The Kier molecular flexibility index (Phi) is 6.00. The second kappa shape index (κ2) is 8.13. The van der Waals surface area contributed by atoms with Crippen LogP contribution in [0.2, 0.25) is 0 Å². The van der Waals surface area contributed by atoms with Crippen molar-refractivity contribution >= 4 is 5.91 Å². The number of likely N-dealkylation sites (tertiary alicyclic amines) is 1. The highest BCUT2D eigenvalue weighted by atomic mass is 16.5. The van der Waals surface area contributed by atoms with Crippen LogP contribution in [0.5, 0.6) is 5.75 Å². The molecule has 0 aromatic heterocycles. The van der Waals surface area contributed by atoms with Crippen molar-refractivity contribution in [3.05, 3.63) is 29.8 Å². The Morgan fingerprint density at radius 2 is 1.79 bits per heavy atom. The fourth-order valence-corrected chi connectivity index (χ4v) is 5.12. The van der Waals surface area contributed by atoms with Crippen LogP contribution < -0.4 is 10.1 Å². The zero-order chi connectivity index (χ0) is 20.4. The predicted molar refractivity (Wildman–Crippen MR) is 110 cm³/mol. The number of carbonyl (C=O) groups excluding carboxylic acids is 1. The molecule has 5 heteroatoms. The first-order valence-corrected chi connectivity index (χ1v) is 10.4. The first-order chi connectivity index (χ1) is 13.2. The van der Waals surface area contributed by atoms with Gasteiger partial charge in [0.1, 0.15) is 17.9 Å². The minimum atomic E-state index is 0.0651. The molecule has 0 saturated carbocycles. The number of amides is 1. The summed E-state index contributed by atoms with van der Waals surface area (Å²) in [6, 6.07) is 9.52. The number of rotatable bonds is 4. The molecule has 5 nitrogen and oxygen atoms in total. The van der Waals surface area contributed by atoms with E-state index in [1.807, 2.05) is 23.1 Å². The lowest BCUT2D eigenvalue weighted by Crippen LogP contribution is -2.58. The summed E-state index contributed by atoms with van der Waals surface area (Å²) < 4.78 is 6.04. The highest BCUT2D eigenvalue weighted by Gasteiger charge is 2.39. The van der Waals surface area contributed by atoms with Crippen LogP contribution in [0.15, 0.2) is 24.3 Å². The third-order valence-corrected chi connectivity index (χ3v) is 5.83. The van der Waals surface area contributed by atoms with E-state index in [-0.39, 0.29) is 23.1 Å². The number of piperidine rings is 2.